The number of halogens is 1. The van der Waals surface area contributed by atoms with E-state index in [4.69, 9.17) is 0 Å². The summed E-state index contributed by atoms with van der Waals surface area (Å²) in [5.41, 5.74) is 0.366. The van der Waals surface area contributed by atoms with Gasteiger partial charge < -0.3 is 5.32 Å². The zero-order chi connectivity index (χ0) is 14.1. The number of nitrogens with one attached hydrogen (secondary N) is 1. The smallest absolute Gasteiger partial charge is 0.274 e. The summed E-state index contributed by atoms with van der Waals surface area (Å²) in [6.07, 6.45) is 5.44. The molecule has 0 aliphatic carbocycles. The maximum absolute atomic E-state index is 13.1. The summed E-state index contributed by atoms with van der Waals surface area (Å²) >= 11 is 1.83. The Kier molecular flexibility index (Phi) is 7.43. The number of nitro benzene ring substituents is 1. The van der Waals surface area contributed by atoms with Crippen LogP contribution in [-0.4, -0.2) is 23.5 Å². The first kappa shape index (κ1) is 15.9. The average molecular weight is 286 g/mol. The van der Waals surface area contributed by atoms with Gasteiger partial charge in [0.2, 0.25) is 0 Å². The van der Waals surface area contributed by atoms with E-state index in [1.54, 1.807) is 0 Å². The SMILES string of the molecule is CSCCCCCNCc1cc(F)ccc1[N+](=O)[O-]. The van der Waals surface area contributed by atoms with E-state index < -0.39 is 10.7 Å². The molecule has 106 valence electrons. The number of nitrogens with zero attached hydrogens (tertiary/aromatic N) is 1. The van der Waals surface area contributed by atoms with Crippen molar-refractivity contribution in [2.45, 2.75) is 25.8 Å². The van der Waals surface area contributed by atoms with Crippen LogP contribution in [0.25, 0.3) is 0 Å². The lowest BCUT2D eigenvalue weighted by Gasteiger charge is -2.06. The number of hydrogen-bond acceptors (Lipinski definition) is 4. The second-order valence-electron chi connectivity index (χ2n) is 4.26. The van der Waals surface area contributed by atoms with E-state index in [2.05, 4.69) is 11.6 Å². The Labute approximate surface area is 116 Å². The first-order chi connectivity index (χ1) is 9.15. The van der Waals surface area contributed by atoms with Crippen molar-refractivity contribution in [2.24, 2.45) is 0 Å². The molecule has 6 heteroatoms. The van der Waals surface area contributed by atoms with Crippen LogP contribution in [0.1, 0.15) is 24.8 Å². The topological polar surface area (TPSA) is 55.2 Å². The highest BCUT2D eigenvalue weighted by Gasteiger charge is 2.13. The number of thioether (sulfide) groups is 1. The maximum Gasteiger partial charge on any atom is 0.274 e. The molecule has 0 aromatic heterocycles. The van der Waals surface area contributed by atoms with Crippen LogP contribution in [0.15, 0.2) is 18.2 Å². The Hall–Kier alpha value is -1.14. The molecule has 1 aromatic carbocycles. The normalized spacial score (nSPS) is 10.6. The fraction of sp³-hybridized carbons (Fsp3) is 0.538. The molecular weight excluding hydrogens is 267 g/mol. The third kappa shape index (κ3) is 6.02. The largest absolute Gasteiger partial charge is 0.312 e. The molecule has 0 fully saturated rings. The van der Waals surface area contributed by atoms with Gasteiger partial charge in [-0.1, -0.05) is 6.42 Å². The summed E-state index contributed by atoms with van der Waals surface area (Å²) in [4.78, 5) is 10.3. The van der Waals surface area contributed by atoms with Crippen LogP contribution in [0.5, 0.6) is 0 Å². The second kappa shape index (κ2) is 8.87. The molecule has 0 saturated carbocycles. The van der Waals surface area contributed by atoms with Crippen LogP contribution in [0.2, 0.25) is 0 Å². The Balaban J connectivity index is 2.36. The first-order valence-corrected chi connectivity index (χ1v) is 7.67. The predicted molar refractivity (Wildman–Crippen MR) is 77.0 cm³/mol. The third-order valence-corrected chi connectivity index (χ3v) is 3.45. The van der Waals surface area contributed by atoms with Crippen molar-refractivity contribution in [3.8, 4) is 0 Å². The van der Waals surface area contributed by atoms with Crippen molar-refractivity contribution in [1.29, 1.82) is 0 Å². The van der Waals surface area contributed by atoms with Gasteiger partial charge in [0.1, 0.15) is 5.82 Å². The van der Waals surface area contributed by atoms with Crippen molar-refractivity contribution in [2.75, 3.05) is 18.6 Å². The van der Waals surface area contributed by atoms with E-state index in [9.17, 15) is 14.5 Å². The van der Waals surface area contributed by atoms with E-state index >= 15 is 0 Å². The summed E-state index contributed by atoms with van der Waals surface area (Å²) in [5, 5.41) is 13.9. The molecule has 0 spiro atoms. The quantitative estimate of drug-likeness (QED) is 0.429. The van der Waals surface area contributed by atoms with Gasteiger partial charge in [-0.3, -0.25) is 10.1 Å². The first-order valence-electron chi connectivity index (χ1n) is 6.27. The van der Waals surface area contributed by atoms with E-state index in [1.807, 2.05) is 11.8 Å². The molecule has 0 aliphatic rings. The van der Waals surface area contributed by atoms with Gasteiger partial charge in [-0.15, -0.1) is 0 Å². The van der Waals surface area contributed by atoms with Crippen LogP contribution < -0.4 is 5.32 Å². The van der Waals surface area contributed by atoms with Crippen molar-refractivity contribution in [3.63, 3.8) is 0 Å². The summed E-state index contributed by atoms with van der Waals surface area (Å²) in [7, 11) is 0. The summed E-state index contributed by atoms with van der Waals surface area (Å²) in [6.45, 7) is 1.12. The Morgan fingerprint density at radius 1 is 1.37 bits per heavy atom. The molecule has 1 aromatic rings. The van der Waals surface area contributed by atoms with Crippen molar-refractivity contribution in [1.82, 2.24) is 5.32 Å². The minimum absolute atomic E-state index is 0.0312. The lowest BCUT2D eigenvalue weighted by molar-refractivity contribution is -0.385. The lowest BCUT2D eigenvalue weighted by atomic mass is 10.1. The van der Waals surface area contributed by atoms with Crippen LogP contribution in [-0.2, 0) is 6.54 Å². The lowest BCUT2D eigenvalue weighted by Crippen LogP contribution is -2.15. The van der Waals surface area contributed by atoms with Gasteiger partial charge in [0.05, 0.1) is 4.92 Å². The predicted octanol–water partition coefficient (Wildman–Crippen LogP) is 3.36. The molecule has 0 saturated heterocycles. The van der Waals surface area contributed by atoms with Crippen LogP contribution >= 0.6 is 11.8 Å². The number of hydrogen-bond donors (Lipinski definition) is 1. The molecular formula is C13H19FN2O2S. The van der Waals surface area contributed by atoms with E-state index in [0.29, 0.717) is 12.1 Å². The molecule has 19 heavy (non-hydrogen) atoms. The Morgan fingerprint density at radius 3 is 2.84 bits per heavy atom. The Bertz CT molecular complexity index is 416. The minimum Gasteiger partial charge on any atom is -0.312 e. The average Bonchev–Trinajstić information content (AvgIpc) is 2.37. The van der Waals surface area contributed by atoms with Gasteiger partial charge in [0.25, 0.3) is 5.69 Å². The van der Waals surface area contributed by atoms with E-state index in [-0.39, 0.29) is 5.69 Å². The second-order valence-corrected chi connectivity index (χ2v) is 5.25. The number of benzene rings is 1. The summed E-state index contributed by atoms with van der Waals surface area (Å²) in [6, 6.07) is 3.55. The zero-order valence-electron chi connectivity index (χ0n) is 11.0. The molecule has 0 radical (unpaired) electrons. The highest BCUT2D eigenvalue weighted by molar-refractivity contribution is 7.98. The third-order valence-electron chi connectivity index (χ3n) is 2.76. The standard InChI is InChI=1S/C13H19FN2O2S/c1-19-8-4-2-3-7-15-10-11-9-12(14)5-6-13(11)16(17)18/h5-6,9,15H,2-4,7-8,10H2,1H3. The van der Waals surface area contributed by atoms with Gasteiger partial charge in [0, 0.05) is 18.2 Å². The molecule has 0 aliphatic heterocycles. The molecule has 0 heterocycles. The van der Waals surface area contributed by atoms with Crippen LogP contribution in [0.3, 0.4) is 0 Å². The molecule has 0 amide bonds. The van der Waals surface area contributed by atoms with Gasteiger partial charge in [-0.2, -0.15) is 11.8 Å². The molecule has 0 atom stereocenters. The molecule has 1 rings (SSSR count). The van der Waals surface area contributed by atoms with E-state index in [0.717, 1.165) is 31.2 Å². The van der Waals surface area contributed by atoms with Crippen molar-refractivity contribution in [3.05, 3.63) is 39.7 Å². The van der Waals surface area contributed by atoms with Gasteiger partial charge in [-0.05, 0) is 43.5 Å². The van der Waals surface area contributed by atoms with Crippen LogP contribution in [0.4, 0.5) is 10.1 Å². The zero-order valence-corrected chi connectivity index (χ0v) is 11.8. The van der Waals surface area contributed by atoms with Crippen molar-refractivity contribution >= 4 is 17.4 Å². The van der Waals surface area contributed by atoms with Crippen LogP contribution in [0, 0.1) is 15.9 Å². The highest BCUT2D eigenvalue weighted by Crippen LogP contribution is 2.19. The monoisotopic (exact) mass is 286 g/mol. The Morgan fingerprint density at radius 2 is 2.16 bits per heavy atom. The molecule has 0 bridgehead atoms. The fourth-order valence-electron chi connectivity index (χ4n) is 1.77. The number of nitro groups is 1. The molecule has 1 N–H and O–H groups in total. The molecule has 0 unspecified atom stereocenters. The fourth-order valence-corrected chi connectivity index (χ4v) is 2.26. The van der Waals surface area contributed by atoms with Gasteiger partial charge in [-0.25, -0.2) is 4.39 Å². The minimum atomic E-state index is -0.477. The van der Waals surface area contributed by atoms with Crippen molar-refractivity contribution < 1.29 is 9.31 Å². The van der Waals surface area contributed by atoms with E-state index in [1.165, 1.54) is 18.6 Å². The maximum atomic E-state index is 13.1. The highest BCUT2D eigenvalue weighted by atomic mass is 32.2. The van der Waals surface area contributed by atoms with Gasteiger partial charge in [0.15, 0.2) is 0 Å². The summed E-state index contributed by atoms with van der Waals surface area (Å²) in [5.74, 6) is 0.720. The number of unbranched alkanes of at least 4 members (excludes halogenated alkanes) is 2. The summed E-state index contributed by atoms with van der Waals surface area (Å²) < 4.78 is 13.1. The molecule has 4 nitrogen and oxygen atoms in total. The number of rotatable bonds is 9. The van der Waals surface area contributed by atoms with Gasteiger partial charge >= 0.3 is 0 Å².